The number of alkyl halides is 3. The van der Waals surface area contributed by atoms with Crippen molar-refractivity contribution in [3.05, 3.63) is 64.5 Å². The van der Waals surface area contributed by atoms with E-state index in [1.54, 1.807) is 36.1 Å². The molecule has 0 aliphatic carbocycles. The van der Waals surface area contributed by atoms with Crippen molar-refractivity contribution in [3.63, 3.8) is 0 Å². The van der Waals surface area contributed by atoms with Crippen LogP contribution >= 0.6 is 11.6 Å². The summed E-state index contributed by atoms with van der Waals surface area (Å²) in [5, 5.41) is 4.44. The molecule has 1 saturated heterocycles. The number of aromatic nitrogens is 2. The number of ether oxygens (including phenoxy) is 1. The van der Waals surface area contributed by atoms with Gasteiger partial charge in [-0.25, -0.2) is 4.98 Å². The van der Waals surface area contributed by atoms with Crippen LogP contribution in [0.3, 0.4) is 0 Å². The normalized spacial score (nSPS) is 16.5. The van der Waals surface area contributed by atoms with Crippen LogP contribution in [0.5, 0.6) is 5.88 Å². The minimum absolute atomic E-state index is 0.132. The molecule has 6 nitrogen and oxygen atoms in total. The van der Waals surface area contributed by atoms with E-state index >= 15 is 0 Å². The molecule has 0 spiro atoms. The molecule has 10 heteroatoms. The Morgan fingerprint density at radius 2 is 2.06 bits per heavy atom. The first-order valence-electron chi connectivity index (χ1n) is 9.44. The van der Waals surface area contributed by atoms with Gasteiger partial charge in [0.15, 0.2) is 0 Å². The quantitative estimate of drug-likeness (QED) is 0.557. The Hall–Kier alpha value is -3.07. The van der Waals surface area contributed by atoms with Crippen LogP contribution in [0.4, 0.5) is 13.2 Å². The van der Waals surface area contributed by atoms with Gasteiger partial charge in [0.1, 0.15) is 23.1 Å². The molecule has 0 radical (unpaired) electrons. The standard InChI is InChI=1S/C21H17ClF3N3O3/c1-12-18(19(27-31-12)15-4-2-3-5-16(15)22)20(29)28-9-7-14(11-28)30-17-10-13(6-8-26-17)21(23,24)25/h2-6,8,10,14H,7,9,11H2,1H3. The molecule has 1 amide bonds. The molecule has 1 atom stereocenters. The van der Waals surface area contributed by atoms with E-state index in [0.29, 0.717) is 40.6 Å². The van der Waals surface area contributed by atoms with Crippen LogP contribution in [0.2, 0.25) is 5.02 Å². The lowest BCUT2D eigenvalue weighted by atomic mass is 10.1. The summed E-state index contributed by atoms with van der Waals surface area (Å²) in [4.78, 5) is 18.6. The average molecular weight is 452 g/mol. The van der Waals surface area contributed by atoms with Crippen molar-refractivity contribution in [2.45, 2.75) is 25.6 Å². The molecule has 0 N–H and O–H groups in total. The predicted octanol–water partition coefficient (Wildman–Crippen LogP) is 5.01. The number of hydrogen-bond donors (Lipinski definition) is 0. The number of halogens is 4. The third-order valence-corrected chi connectivity index (χ3v) is 5.32. The molecular weight excluding hydrogens is 435 g/mol. The number of hydrogen-bond acceptors (Lipinski definition) is 5. The van der Waals surface area contributed by atoms with Gasteiger partial charge in [0.2, 0.25) is 5.88 Å². The monoisotopic (exact) mass is 451 g/mol. The van der Waals surface area contributed by atoms with Crippen molar-refractivity contribution in [1.82, 2.24) is 15.0 Å². The first-order valence-corrected chi connectivity index (χ1v) is 9.82. The number of pyridine rings is 1. The molecule has 1 aromatic carbocycles. The van der Waals surface area contributed by atoms with Crippen LogP contribution in [0.25, 0.3) is 11.3 Å². The van der Waals surface area contributed by atoms with E-state index in [1.807, 2.05) is 0 Å². The average Bonchev–Trinajstić information content (AvgIpc) is 3.34. The maximum Gasteiger partial charge on any atom is 0.416 e. The Labute approximate surface area is 180 Å². The number of nitrogens with zero attached hydrogens (tertiary/aromatic N) is 3. The largest absolute Gasteiger partial charge is 0.472 e. The van der Waals surface area contributed by atoms with Gasteiger partial charge >= 0.3 is 6.18 Å². The van der Waals surface area contributed by atoms with Gasteiger partial charge in [-0.1, -0.05) is 35.0 Å². The second kappa shape index (κ2) is 8.22. The zero-order valence-electron chi connectivity index (χ0n) is 16.3. The van der Waals surface area contributed by atoms with Crippen molar-refractivity contribution in [2.75, 3.05) is 13.1 Å². The van der Waals surface area contributed by atoms with E-state index in [1.165, 1.54) is 0 Å². The van der Waals surface area contributed by atoms with Gasteiger partial charge in [0.05, 0.1) is 17.1 Å². The topological polar surface area (TPSA) is 68.5 Å². The van der Waals surface area contributed by atoms with Crippen LogP contribution in [0.15, 0.2) is 47.1 Å². The highest BCUT2D eigenvalue weighted by atomic mass is 35.5. The third-order valence-electron chi connectivity index (χ3n) is 4.99. The van der Waals surface area contributed by atoms with E-state index < -0.39 is 17.8 Å². The Morgan fingerprint density at radius 1 is 1.29 bits per heavy atom. The van der Waals surface area contributed by atoms with Crippen molar-refractivity contribution in [3.8, 4) is 17.1 Å². The number of carbonyl (C=O) groups excluding carboxylic acids is 1. The van der Waals surface area contributed by atoms with Crippen molar-refractivity contribution >= 4 is 17.5 Å². The summed E-state index contributed by atoms with van der Waals surface area (Å²) in [6.45, 7) is 2.20. The predicted molar refractivity (Wildman–Crippen MR) is 106 cm³/mol. The summed E-state index contributed by atoms with van der Waals surface area (Å²) in [6, 6.07) is 8.71. The summed E-state index contributed by atoms with van der Waals surface area (Å²) in [7, 11) is 0. The van der Waals surface area contributed by atoms with Crippen LogP contribution in [0, 0.1) is 6.92 Å². The summed E-state index contributed by atoms with van der Waals surface area (Å²) in [5.41, 5.74) is 0.375. The molecule has 31 heavy (non-hydrogen) atoms. The molecule has 1 aliphatic rings. The fraction of sp³-hybridized carbons (Fsp3) is 0.286. The second-order valence-electron chi connectivity index (χ2n) is 7.10. The Morgan fingerprint density at radius 3 is 2.81 bits per heavy atom. The maximum atomic E-state index is 13.2. The smallest absolute Gasteiger partial charge is 0.416 e. The molecule has 1 fully saturated rings. The molecule has 1 unspecified atom stereocenters. The van der Waals surface area contributed by atoms with E-state index in [4.69, 9.17) is 20.9 Å². The molecule has 4 rings (SSSR count). The number of likely N-dealkylation sites (tertiary alicyclic amines) is 1. The van der Waals surface area contributed by atoms with Gasteiger partial charge in [-0.05, 0) is 19.1 Å². The van der Waals surface area contributed by atoms with E-state index in [2.05, 4.69) is 10.1 Å². The molecule has 162 valence electrons. The fourth-order valence-electron chi connectivity index (χ4n) is 3.45. The minimum Gasteiger partial charge on any atom is -0.472 e. The number of amides is 1. The van der Waals surface area contributed by atoms with E-state index in [-0.39, 0.29) is 18.3 Å². The van der Waals surface area contributed by atoms with Crippen LogP contribution in [0.1, 0.15) is 28.1 Å². The Balaban J connectivity index is 1.50. The molecule has 3 heterocycles. The van der Waals surface area contributed by atoms with Crippen LogP contribution < -0.4 is 4.74 Å². The number of carbonyl (C=O) groups is 1. The van der Waals surface area contributed by atoms with Crippen LogP contribution in [-0.4, -0.2) is 40.1 Å². The third kappa shape index (κ3) is 4.36. The molecule has 0 saturated carbocycles. The Kier molecular flexibility index (Phi) is 5.62. The van der Waals surface area contributed by atoms with E-state index in [0.717, 1.165) is 18.3 Å². The number of aryl methyl sites for hydroxylation is 1. The second-order valence-corrected chi connectivity index (χ2v) is 7.51. The number of rotatable bonds is 4. The highest BCUT2D eigenvalue weighted by Crippen LogP contribution is 2.33. The van der Waals surface area contributed by atoms with Gasteiger partial charge in [-0.3, -0.25) is 4.79 Å². The first-order chi connectivity index (χ1) is 14.7. The Bertz CT molecular complexity index is 1120. The molecular formula is C21H17ClF3N3O3. The van der Waals surface area contributed by atoms with Gasteiger partial charge in [-0.2, -0.15) is 13.2 Å². The van der Waals surface area contributed by atoms with E-state index in [9.17, 15) is 18.0 Å². The lowest BCUT2D eigenvalue weighted by Crippen LogP contribution is -2.31. The number of benzene rings is 1. The van der Waals surface area contributed by atoms with Crippen molar-refractivity contribution in [2.24, 2.45) is 0 Å². The fourth-order valence-corrected chi connectivity index (χ4v) is 3.67. The zero-order chi connectivity index (χ0) is 22.2. The summed E-state index contributed by atoms with van der Waals surface area (Å²) >= 11 is 6.25. The van der Waals surface area contributed by atoms with Gasteiger partial charge in [0.25, 0.3) is 5.91 Å². The first kappa shape index (κ1) is 21.2. The summed E-state index contributed by atoms with van der Waals surface area (Å²) in [6.07, 6.45) is -3.47. The van der Waals surface area contributed by atoms with Crippen molar-refractivity contribution in [1.29, 1.82) is 0 Å². The SMILES string of the molecule is Cc1onc(-c2ccccc2Cl)c1C(=O)N1CCC(Oc2cc(C(F)(F)F)ccn2)C1. The summed E-state index contributed by atoms with van der Waals surface area (Å²) in [5.74, 6) is -0.0901. The lowest BCUT2D eigenvalue weighted by molar-refractivity contribution is -0.137. The molecule has 0 bridgehead atoms. The highest BCUT2D eigenvalue weighted by Gasteiger charge is 2.34. The molecule has 2 aromatic heterocycles. The zero-order valence-corrected chi connectivity index (χ0v) is 17.1. The van der Waals surface area contributed by atoms with Gasteiger partial charge < -0.3 is 14.2 Å². The molecule has 3 aromatic rings. The molecule has 1 aliphatic heterocycles. The highest BCUT2D eigenvalue weighted by molar-refractivity contribution is 6.33. The maximum absolute atomic E-state index is 13.2. The lowest BCUT2D eigenvalue weighted by Gasteiger charge is -2.17. The van der Waals surface area contributed by atoms with Gasteiger partial charge in [-0.15, -0.1) is 0 Å². The van der Waals surface area contributed by atoms with Crippen LogP contribution in [-0.2, 0) is 6.18 Å². The van der Waals surface area contributed by atoms with Gasteiger partial charge in [0, 0.05) is 30.8 Å². The minimum atomic E-state index is -4.49. The van der Waals surface area contributed by atoms with Crippen molar-refractivity contribution < 1.29 is 27.2 Å². The summed E-state index contributed by atoms with van der Waals surface area (Å²) < 4.78 is 49.5.